The van der Waals surface area contributed by atoms with Crippen LogP contribution in [0.2, 0.25) is 0 Å². The third kappa shape index (κ3) is 3.72. The Bertz CT molecular complexity index is 961. The maximum Gasteiger partial charge on any atom is 0.235 e. The van der Waals surface area contributed by atoms with E-state index >= 15 is 0 Å². The number of aryl methyl sites for hydroxylation is 1. The van der Waals surface area contributed by atoms with Crippen LogP contribution in [0.3, 0.4) is 0 Å². The zero-order valence-electron chi connectivity index (χ0n) is 15.5. The Kier molecular flexibility index (Phi) is 5.28. The molecular formula is C21H21BrN4O2. The number of hydrogen-bond acceptors (Lipinski definition) is 4. The first kappa shape index (κ1) is 18.8. The molecular weight excluding hydrogens is 420 g/mol. The minimum Gasteiger partial charge on any atom is -0.381 e. The number of halogens is 1. The average Bonchev–Trinajstić information content (AvgIpc) is 3.16. The van der Waals surface area contributed by atoms with E-state index in [-0.39, 0.29) is 5.91 Å². The molecule has 1 aliphatic rings. The number of benzene rings is 2. The quantitative estimate of drug-likeness (QED) is 0.635. The van der Waals surface area contributed by atoms with Gasteiger partial charge in [0.05, 0.1) is 5.41 Å². The molecule has 0 radical (unpaired) electrons. The fraction of sp³-hybridized carbons (Fsp3) is 0.286. The van der Waals surface area contributed by atoms with Crippen LogP contribution < -0.4 is 5.32 Å². The van der Waals surface area contributed by atoms with Gasteiger partial charge in [-0.2, -0.15) is 5.10 Å². The Labute approximate surface area is 171 Å². The topological polar surface area (TPSA) is 79.9 Å². The number of nitrogens with one attached hydrogen (secondary N) is 2. The summed E-state index contributed by atoms with van der Waals surface area (Å²) in [5.74, 6) is 1.41. The van der Waals surface area contributed by atoms with E-state index in [4.69, 9.17) is 4.74 Å². The summed E-state index contributed by atoms with van der Waals surface area (Å²) in [7, 11) is 0. The second-order valence-corrected chi connectivity index (χ2v) is 7.89. The molecule has 2 N–H and O–H groups in total. The number of H-pyrrole nitrogens is 1. The summed E-state index contributed by atoms with van der Waals surface area (Å²) in [6.07, 6.45) is 1.32. The van der Waals surface area contributed by atoms with Crippen LogP contribution in [-0.4, -0.2) is 34.3 Å². The van der Waals surface area contributed by atoms with Gasteiger partial charge in [-0.05, 0) is 61.7 Å². The van der Waals surface area contributed by atoms with Gasteiger partial charge in [0, 0.05) is 28.9 Å². The smallest absolute Gasteiger partial charge is 0.235 e. The number of rotatable bonds is 4. The van der Waals surface area contributed by atoms with Crippen molar-refractivity contribution in [3.8, 4) is 11.4 Å². The van der Waals surface area contributed by atoms with Crippen LogP contribution in [-0.2, 0) is 14.9 Å². The van der Waals surface area contributed by atoms with Crippen molar-refractivity contribution in [2.45, 2.75) is 25.2 Å². The summed E-state index contributed by atoms with van der Waals surface area (Å²) in [6.45, 7) is 3.01. The van der Waals surface area contributed by atoms with Gasteiger partial charge in [-0.15, -0.1) is 0 Å². The number of carbonyl (C=O) groups excluding carboxylic acids is 1. The van der Waals surface area contributed by atoms with Crippen LogP contribution in [0.15, 0.2) is 53.0 Å². The van der Waals surface area contributed by atoms with Crippen LogP contribution in [0.5, 0.6) is 0 Å². The number of ether oxygens (including phenoxy) is 1. The molecule has 1 amide bonds. The van der Waals surface area contributed by atoms with Crippen LogP contribution >= 0.6 is 15.9 Å². The molecule has 0 unspecified atom stereocenters. The largest absolute Gasteiger partial charge is 0.381 e. The molecule has 0 aliphatic carbocycles. The van der Waals surface area contributed by atoms with Crippen molar-refractivity contribution >= 4 is 27.5 Å². The molecule has 0 spiro atoms. The molecule has 144 valence electrons. The van der Waals surface area contributed by atoms with Crippen molar-refractivity contribution in [2.24, 2.45) is 0 Å². The van der Waals surface area contributed by atoms with Gasteiger partial charge in [0.25, 0.3) is 0 Å². The van der Waals surface area contributed by atoms with Crippen LogP contribution in [0.4, 0.5) is 5.69 Å². The van der Waals surface area contributed by atoms with Crippen molar-refractivity contribution in [3.05, 3.63) is 64.4 Å². The lowest BCUT2D eigenvalue weighted by atomic mass is 9.73. The first-order chi connectivity index (χ1) is 13.6. The van der Waals surface area contributed by atoms with Crippen molar-refractivity contribution in [1.82, 2.24) is 15.2 Å². The summed E-state index contributed by atoms with van der Waals surface area (Å²) in [6, 6.07) is 15.6. The van der Waals surface area contributed by atoms with E-state index in [1.807, 2.05) is 55.5 Å². The highest BCUT2D eigenvalue weighted by Crippen LogP contribution is 2.37. The fourth-order valence-corrected chi connectivity index (χ4v) is 3.83. The van der Waals surface area contributed by atoms with Crippen molar-refractivity contribution < 1.29 is 9.53 Å². The minimum atomic E-state index is -0.585. The summed E-state index contributed by atoms with van der Waals surface area (Å²) in [5, 5.41) is 10.1. The Morgan fingerprint density at radius 2 is 1.79 bits per heavy atom. The first-order valence-corrected chi connectivity index (χ1v) is 10.0. The molecule has 1 aliphatic heterocycles. The predicted octanol–water partition coefficient (Wildman–Crippen LogP) is 4.23. The Morgan fingerprint density at radius 3 is 2.39 bits per heavy atom. The maximum absolute atomic E-state index is 13.3. The number of nitrogens with zero attached hydrogens (tertiary/aromatic N) is 2. The zero-order valence-corrected chi connectivity index (χ0v) is 17.1. The van der Waals surface area contributed by atoms with Crippen LogP contribution in [0, 0.1) is 6.92 Å². The standard InChI is InChI=1S/C21H21BrN4O2/c1-14-23-19(26-25-14)15-2-8-18(9-3-15)24-20(27)21(10-12-28-13-11-21)16-4-6-17(22)7-5-16/h2-9H,10-13H2,1H3,(H,24,27)(H,23,25,26). The van der Waals surface area contributed by atoms with E-state index in [9.17, 15) is 4.79 Å². The molecule has 7 heteroatoms. The van der Waals surface area contributed by atoms with Gasteiger partial charge in [-0.1, -0.05) is 28.1 Å². The molecule has 2 aromatic carbocycles. The number of aromatic amines is 1. The second kappa shape index (κ2) is 7.85. The maximum atomic E-state index is 13.3. The Hall–Kier alpha value is -2.51. The third-order valence-corrected chi connectivity index (χ3v) is 5.70. The number of hydrogen-bond donors (Lipinski definition) is 2. The normalized spacial score (nSPS) is 15.9. The Balaban J connectivity index is 1.57. The molecule has 4 rings (SSSR count). The lowest BCUT2D eigenvalue weighted by Gasteiger charge is -2.36. The van der Waals surface area contributed by atoms with E-state index in [0.29, 0.717) is 31.9 Å². The minimum absolute atomic E-state index is 0.000360. The third-order valence-electron chi connectivity index (χ3n) is 5.18. The van der Waals surface area contributed by atoms with E-state index < -0.39 is 5.41 Å². The van der Waals surface area contributed by atoms with Crippen molar-refractivity contribution in [1.29, 1.82) is 0 Å². The van der Waals surface area contributed by atoms with Gasteiger partial charge in [-0.25, -0.2) is 4.98 Å². The number of carbonyl (C=O) groups is 1. The van der Waals surface area contributed by atoms with Crippen molar-refractivity contribution in [2.75, 3.05) is 18.5 Å². The lowest BCUT2D eigenvalue weighted by molar-refractivity contribution is -0.125. The van der Waals surface area contributed by atoms with Gasteiger partial charge in [-0.3, -0.25) is 9.89 Å². The predicted molar refractivity (Wildman–Crippen MR) is 111 cm³/mol. The summed E-state index contributed by atoms with van der Waals surface area (Å²) in [4.78, 5) is 17.7. The molecule has 6 nitrogen and oxygen atoms in total. The monoisotopic (exact) mass is 440 g/mol. The van der Waals surface area contributed by atoms with Gasteiger partial charge >= 0.3 is 0 Å². The molecule has 0 saturated carbocycles. The molecule has 1 fully saturated rings. The Morgan fingerprint density at radius 1 is 1.11 bits per heavy atom. The molecule has 3 aromatic rings. The number of aromatic nitrogens is 3. The fourth-order valence-electron chi connectivity index (χ4n) is 3.56. The summed E-state index contributed by atoms with van der Waals surface area (Å²) < 4.78 is 6.53. The van der Waals surface area contributed by atoms with E-state index in [1.54, 1.807) is 0 Å². The van der Waals surface area contributed by atoms with Gasteiger partial charge < -0.3 is 10.1 Å². The molecule has 0 bridgehead atoms. The molecule has 1 saturated heterocycles. The van der Waals surface area contributed by atoms with Gasteiger partial charge in [0.15, 0.2) is 5.82 Å². The van der Waals surface area contributed by atoms with E-state index in [0.717, 1.165) is 27.1 Å². The SMILES string of the molecule is Cc1nc(-c2ccc(NC(=O)C3(c4ccc(Br)cc4)CCOCC3)cc2)n[nH]1. The lowest BCUT2D eigenvalue weighted by Crippen LogP contribution is -2.44. The summed E-state index contributed by atoms with van der Waals surface area (Å²) >= 11 is 3.47. The van der Waals surface area contributed by atoms with E-state index in [1.165, 1.54) is 0 Å². The molecule has 1 aromatic heterocycles. The van der Waals surface area contributed by atoms with Crippen LogP contribution in [0.25, 0.3) is 11.4 Å². The highest BCUT2D eigenvalue weighted by molar-refractivity contribution is 9.10. The highest BCUT2D eigenvalue weighted by Gasteiger charge is 2.41. The van der Waals surface area contributed by atoms with Crippen molar-refractivity contribution in [3.63, 3.8) is 0 Å². The second-order valence-electron chi connectivity index (χ2n) is 6.98. The van der Waals surface area contributed by atoms with Crippen LogP contribution in [0.1, 0.15) is 24.2 Å². The first-order valence-electron chi connectivity index (χ1n) is 9.21. The number of anilines is 1. The molecule has 28 heavy (non-hydrogen) atoms. The van der Waals surface area contributed by atoms with Gasteiger partial charge in [0.1, 0.15) is 5.82 Å². The molecule has 2 heterocycles. The zero-order chi connectivity index (χ0) is 19.6. The number of amides is 1. The van der Waals surface area contributed by atoms with Gasteiger partial charge in [0.2, 0.25) is 5.91 Å². The highest BCUT2D eigenvalue weighted by atomic mass is 79.9. The van der Waals surface area contributed by atoms with E-state index in [2.05, 4.69) is 36.4 Å². The average molecular weight is 441 g/mol. The summed E-state index contributed by atoms with van der Waals surface area (Å²) in [5.41, 5.74) is 2.09. The molecule has 0 atom stereocenters.